The number of hydrogen-bond donors (Lipinski definition) is 2. The first-order valence-electron chi connectivity index (χ1n) is 6.42. The Kier molecular flexibility index (Phi) is 4.79. The van der Waals surface area contributed by atoms with Gasteiger partial charge < -0.3 is 19.5 Å². The molecule has 5 nitrogen and oxygen atoms in total. The van der Waals surface area contributed by atoms with Gasteiger partial charge in [0.2, 0.25) is 5.43 Å². The molecule has 0 amide bonds. The third-order valence-electron chi connectivity index (χ3n) is 2.92. The zero-order chi connectivity index (χ0) is 14.4. The van der Waals surface area contributed by atoms with E-state index in [9.17, 15) is 9.90 Å². The summed E-state index contributed by atoms with van der Waals surface area (Å²) >= 11 is 0. The Labute approximate surface area is 116 Å². The van der Waals surface area contributed by atoms with Crippen molar-refractivity contribution in [2.24, 2.45) is 0 Å². The maximum absolute atomic E-state index is 11.4. The van der Waals surface area contributed by atoms with Gasteiger partial charge in [-0.05, 0) is 18.6 Å². The molecule has 0 aliphatic carbocycles. The van der Waals surface area contributed by atoms with Gasteiger partial charge >= 0.3 is 0 Å². The number of nitrogens with zero attached hydrogens (tertiary/aromatic N) is 1. The Hall–Kier alpha value is -2.27. The Bertz CT molecular complexity index is 594. The van der Waals surface area contributed by atoms with Crippen molar-refractivity contribution in [1.29, 1.82) is 0 Å². The monoisotopic (exact) mass is 275 g/mol. The van der Waals surface area contributed by atoms with Crippen molar-refractivity contribution in [1.82, 2.24) is 0 Å². The van der Waals surface area contributed by atoms with Crippen LogP contribution in [0, 0.1) is 0 Å². The van der Waals surface area contributed by atoms with E-state index in [0.717, 1.165) is 12.0 Å². The van der Waals surface area contributed by atoms with Crippen molar-refractivity contribution in [2.45, 2.75) is 13.0 Å². The van der Waals surface area contributed by atoms with Crippen LogP contribution in [-0.2, 0) is 6.54 Å². The van der Waals surface area contributed by atoms with Crippen LogP contribution in [0.15, 0.2) is 51.9 Å². The van der Waals surface area contributed by atoms with Gasteiger partial charge in [0.15, 0.2) is 5.75 Å². The van der Waals surface area contributed by atoms with Crippen molar-refractivity contribution < 1.29 is 14.6 Å². The Morgan fingerprint density at radius 1 is 1.20 bits per heavy atom. The van der Waals surface area contributed by atoms with Gasteiger partial charge in [-0.2, -0.15) is 0 Å². The van der Waals surface area contributed by atoms with E-state index in [1.54, 1.807) is 0 Å². The number of rotatable bonds is 6. The summed E-state index contributed by atoms with van der Waals surface area (Å²) in [5.41, 5.74) is 0.526. The van der Waals surface area contributed by atoms with Crippen LogP contribution in [0.25, 0.3) is 0 Å². The van der Waals surface area contributed by atoms with Gasteiger partial charge in [0, 0.05) is 24.9 Å². The summed E-state index contributed by atoms with van der Waals surface area (Å²) in [4.78, 5) is 13.4. The molecule has 1 aromatic heterocycles. The van der Waals surface area contributed by atoms with Gasteiger partial charge in [-0.1, -0.05) is 18.2 Å². The minimum Gasteiger partial charge on any atom is -0.502 e. The molecular formula is C15H17NO4. The molecule has 0 aliphatic heterocycles. The SMILES string of the molecule is O=c1cc(CN(CCCO)c2ccccc2)occ1O. The van der Waals surface area contributed by atoms with E-state index in [1.807, 2.05) is 35.2 Å². The van der Waals surface area contributed by atoms with Crippen LogP contribution in [0.2, 0.25) is 0 Å². The number of hydrogen-bond acceptors (Lipinski definition) is 5. The first-order valence-corrected chi connectivity index (χ1v) is 6.42. The van der Waals surface area contributed by atoms with E-state index in [-0.39, 0.29) is 6.61 Å². The highest BCUT2D eigenvalue weighted by Gasteiger charge is 2.10. The molecule has 0 saturated carbocycles. The lowest BCUT2D eigenvalue weighted by Gasteiger charge is -2.23. The maximum Gasteiger partial charge on any atom is 0.226 e. The first kappa shape index (κ1) is 14.1. The highest BCUT2D eigenvalue weighted by atomic mass is 16.4. The first-order chi connectivity index (χ1) is 9.70. The lowest BCUT2D eigenvalue weighted by molar-refractivity contribution is 0.289. The quantitative estimate of drug-likeness (QED) is 0.840. The van der Waals surface area contributed by atoms with Crippen LogP contribution < -0.4 is 10.3 Å². The summed E-state index contributed by atoms with van der Waals surface area (Å²) in [5.74, 6) is 0.0740. The minimum absolute atomic E-state index is 0.100. The summed E-state index contributed by atoms with van der Waals surface area (Å²) in [7, 11) is 0. The van der Waals surface area contributed by atoms with Gasteiger partial charge in [-0.15, -0.1) is 0 Å². The van der Waals surface area contributed by atoms with Crippen molar-refractivity contribution in [3.05, 3.63) is 58.6 Å². The van der Waals surface area contributed by atoms with Crippen LogP contribution in [0.5, 0.6) is 5.75 Å². The number of anilines is 1. The molecule has 20 heavy (non-hydrogen) atoms. The van der Waals surface area contributed by atoms with Gasteiger partial charge in [0.05, 0.1) is 6.54 Å². The van der Waals surface area contributed by atoms with Crippen molar-refractivity contribution >= 4 is 5.69 Å². The molecule has 0 fully saturated rings. The van der Waals surface area contributed by atoms with Crippen LogP contribution in [0.4, 0.5) is 5.69 Å². The highest BCUT2D eigenvalue weighted by molar-refractivity contribution is 5.46. The average molecular weight is 275 g/mol. The molecule has 0 radical (unpaired) electrons. The van der Waals surface area contributed by atoms with E-state index in [1.165, 1.54) is 6.07 Å². The number of aliphatic hydroxyl groups is 1. The molecule has 5 heteroatoms. The number of aliphatic hydroxyl groups excluding tert-OH is 1. The highest BCUT2D eigenvalue weighted by Crippen LogP contribution is 2.17. The topological polar surface area (TPSA) is 73.9 Å². The van der Waals surface area contributed by atoms with Crippen LogP contribution >= 0.6 is 0 Å². The average Bonchev–Trinajstić information content (AvgIpc) is 2.48. The third kappa shape index (κ3) is 3.61. The molecule has 2 aromatic rings. The summed E-state index contributed by atoms with van der Waals surface area (Å²) in [6, 6.07) is 11.0. The third-order valence-corrected chi connectivity index (χ3v) is 2.92. The summed E-state index contributed by atoms with van der Waals surface area (Å²) < 4.78 is 5.22. The maximum atomic E-state index is 11.4. The predicted molar refractivity (Wildman–Crippen MR) is 75.8 cm³/mol. The zero-order valence-electron chi connectivity index (χ0n) is 11.0. The number of benzene rings is 1. The lowest BCUT2D eigenvalue weighted by Crippen LogP contribution is -2.25. The zero-order valence-corrected chi connectivity index (χ0v) is 11.0. The number of aromatic hydroxyl groups is 1. The Morgan fingerprint density at radius 2 is 1.95 bits per heavy atom. The molecule has 0 bridgehead atoms. The molecule has 2 N–H and O–H groups in total. The predicted octanol–water partition coefficient (Wildman–Crippen LogP) is 1.73. The molecule has 2 rings (SSSR count). The van der Waals surface area contributed by atoms with Gasteiger partial charge in [0.25, 0.3) is 0 Å². The van der Waals surface area contributed by atoms with Gasteiger partial charge in [-0.3, -0.25) is 4.79 Å². The second kappa shape index (κ2) is 6.77. The van der Waals surface area contributed by atoms with E-state index in [0.29, 0.717) is 25.3 Å². The second-order valence-corrected chi connectivity index (χ2v) is 4.43. The molecule has 0 spiro atoms. The van der Waals surface area contributed by atoms with E-state index in [2.05, 4.69) is 0 Å². The number of para-hydroxylation sites is 1. The van der Waals surface area contributed by atoms with Crippen LogP contribution in [0.3, 0.4) is 0 Å². The Morgan fingerprint density at radius 3 is 2.60 bits per heavy atom. The van der Waals surface area contributed by atoms with Crippen LogP contribution in [-0.4, -0.2) is 23.4 Å². The van der Waals surface area contributed by atoms with Crippen molar-refractivity contribution in [3.63, 3.8) is 0 Å². The summed E-state index contributed by atoms with van der Waals surface area (Å²) in [6.07, 6.45) is 1.67. The Balaban J connectivity index is 2.19. The molecule has 0 aliphatic rings. The van der Waals surface area contributed by atoms with Crippen LogP contribution in [0.1, 0.15) is 12.2 Å². The smallest absolute Gasteiger partial charge is 0.226 e. The second-order valence-electron chi connectivity index (χ2n) is 4.43. The largest absolute Gasteiger partial charge is 0.502 e. The summed E-state index contributed by atoms with van der Waals surface area (Å²) in [6.45, 7) is 1.15. The fourth-order valence-corrected chi connectivity index (χ4v) is 1.91. The van der Waals surface area contributed by atoms with Gasteiger partial charge in [0.1, 0.15) is 12.0 Å². The fraction of sp³-hybridized carbons (Fsp3) is 0.267. The van der Waals surface area contributed by atoms with Crippen molar-refractivity contribution in [3.8, 4) is 5.75 Å². The normalized spacial score (nSPS) is 10.4. The van der Waals surface area contributed by atoms with E-state index >= 15 is 0 Å². The standard InChI is InChI=1S/C15H17NO4/c17-8-4-7-16(12-5-2-1-3-6-12)10-13-9-14(18)15(19)11-20-13/h1-3,5-6,9,11,17,19H,4,7-8,10H2. The molecule has 0 saturated heterocycles. The molecular weight excluding hydrogens is 258 g/mol. The molecule has 1 heterocycles. The molecule has 0 unspecified atom stereocenters. The van der Waals surface area contributed by atoms with Crippen molar-refractivity contribution in [2.75, 3.05) is 18.1 Å². The summed E-state index contributed by atoms with van der Waals surface area (Å²) in [5, 5.41) is 18.2. The fourth-order valence-electron chi connectivity index (χ4n) is 1.91. The molecule has 1 aromatic carbocycles. The lowest BCUT2D eigenvalue weighted by atomic mass is 10.2. The van der Waals surface area contributed by atoms with E-state index in [4.69, 9.17) is 9.52 Å². The minimum atomic E-state index is -0.457. The molecule has 0 atom stereocenters. The van der Waals surface area contributed by atoms with E-state index < -0.39 is 11.2 Å². The van der Waals surface area contributed by atoms with Gasteiger partial charge in [-0.25, -0.2) is 0 Å². The molecule has 106 valence electrons.